The van der Waals surface area contributed by atoms with Crippen molar-refractivity contribution in [3.8, 4) is 0 Å². The highest BCUT2D eigenvalue weighted by Gasteiger charge is 2.11. The summed E-state index contributed by atoms with van der Waals surface area (Å²) in [6.45, 7) is 0.577. The zero-order valence-corrected chi connectivity index (χ0v) is 9.77. The van der Waals surface area contributed by atoms with Crippen molar-refractivity contribution in [3.63, 3.8) is 0 Å². The highest BCUT2D eigenvalue weighted by molar-refractivity contribution is 6.31. The molecule has 0 radical (unpaired) electrons. The van der Waals surface area contributed by atoms with Crippen molar-refractivity contribution in [2.45, 2.75) is 25.7 Å². The highest BCUT2D eigenvalue weighted by Crippen LogP contribution is 2.20. The van der Waals surface area contributed by atoms with E-state index in [0.717, 1.165) is 12.8 Å². The molecule has 0 spiro atoms. The highest BCUT2D eigenvalue weighted by atomic mass is 35.5. The van der Waals surface area contributed by atoms with Gasteiger partial charge in [-0.15, -0.1) is 0 Å². The Hall–Kier alpha value is -0.930. The molecule has 1 aromatic rings. The number of ketones is 1. The number of carbonyl (C=O) groups excluding carboxylic acids is 1. The number of benzene rings is 1. The molecule has 0 fully saturated rings. The molecule has 2 nitrogen and oxygen atoms in total. The molecule has 4 heteroatoms. The van der Waals surface area contributed by atoms with Crippen LogP contribution in [-0.2, 0) is 11.2 Å². The van der Waals surface area contributed by atoms with Crippen molar-refractivity contribution in [2.24, 2.45) is 5.73 Å². The monoisotopic (exact) mass is 243 g/mol. The smallest absolute Gasteiger partial charge is 0.137 e. The van der Waals surface area contributed by atoms with E-state index in [2.05, 4.69) is 0 Å². The molecule has 1 rings (SSSR count). The molecule has 0 saturated heterocycles. The normalized spacial score (nSPS) is 10.4. The predicted molar refractivity (Wildman–Crippen MR) is 63.0 cm³/mol. The molecule has 0 aliphatic heterocycles. The third-order valence-electron chi connectivity index (χ3n) is 2.35. The van der Waals surface area contributed by atoms with Gasteiger partial charge >= 0.3 is 0 Å². The van der Waals surface area contributed by atoms with Crippen LogP contribution in [0.2, 0.25) is 5.02 Å². The summed E-state index contributed by atoms with van der Waals surface area (Å²) in [6.07, 6.45) is 2.07. The van der Waals surface area contributed by atoms with Gasteiger partial charge in [-0.3, -0.25) is 4.79 Å². The Morgan fingerprint density at radius 1 is 1.38 bits per heavy atom. The van der Waals surface area contributed by atoms with E-state index in [0.29, 0.717) is 23.6 Å². The summed E-state index contributed by atoms with van der Waals surface area (Å²) >= 11 is 5.82. The minimum Gasteiger partial charge on any atom is -0.330 e. The molecule has 2 N–H and O–H groups in total. The second-order valence-corrected chi connectivity index (χ2v) is 4.07. The molecule has 16 heavy (non-hydrogen) atoms. The molecule has 0 saturated carbocycles. The Morgan fingerprint density at radius 3 is 2.75 bits per heavy atom. The van der Waals surface area contributed by atoms with Crippen molar-refractivity contribution in [3.05, 3.63) is 34.6 Å². The van der Waals surface area contributed by atoms with E-state index in [1.807, 2.05) is 0 Å². The lowest BCUT2D eigenvalue weighted by atomic mass is 10.0. The number of hydrogen-bond donors (Lipinski definition) is 1. The van der Waals surface area contributed by atoms with E-state index in [1.54, 1.807) is 6.07 Å². The Balaban J connectivity index is 2.56. The third-order valence-corrected chi connectivity index (χ3v) is 2.70. The third kappa shape index (κ3) is 3.91. The Morgan fingerprint density at radius 2 is 2.12 bits per heavy atom. The summed E-state index contributed by atoms with van der Waals surface area (Å²) in [4.78, 5) is 11.5. The molecular weight excluding hydrogens is 229 g/mol. The van der Waals surface area contributed by atoms with Crippen molar-refractivity contribution < 1.29 is 9.18 Å². The van der Waals surface area contributed by atoms with E-state index < -0.39 is 5.82 Å². The van der Waals surface area contributed by atoms with Crippen LogP contribution in [0.3, 0.4) is 0 Å². The molecule has 0 heterocycles. The lowest BCUT2D eigenvalue weighted by Crippen LogP contribution is -2.06. The SMILES string of the molecule is NCCCCC(=O)Cc1c(F)cccc1Cl. The van der Waals surface area contributed by atoms with E-state index in [1.165, 1.54) is 12.1 Å². The fourth-order valence-electron chi connectivity index (χ4n) is 1.45. The average molecular weight is 244 g/mol. The fraction of sp³-hybridized carbons (Fsp3) is 0.417. The molecular formula is C12H15ClFNO. The molecule has 0 aromatic heterocycles. The molecule has 0 amide bonds. The van der Waals surface area contributed by atoms with Gasteiger partial charge in [0.05, 0.1) is 0 Å². The van der Waals surface area contributed by atoms with Crippen LogP contribution in [0.4, 0.5) is 4.39 Å². The van der Waals surface area contributed by atoms with Crippen LogP contribution in [0, 0.1) is 5.82 Å². The van der Waals surface area contributed by atoms with Crippen molar-refractivity contribution >= 4 is 17.4 Å². The van der Waals surface area contributed by atoms with Gasteiger partial charge in [-0.05, 0) is 31.5 Å². The van der Waals surface area contributed by atoms with E-state index in [-0.39, 0.29) is 12.2 Å². The van der Waals surface area contributed by atoms with Crippen LogP contribution in [0.25, 0.3) is 0 Å². The molecule has 1 aromatic carbocycles. The topological polar surface area (TPSA) is 43.1 Å². The van der Waals surface area contributed by atoms with E-state index >= 15 is 0 Å². The fourth-order valence-corrected chi connectivity index (χ4v) is 1.68. The zero-order valence-electron chi connectivity index (χ0n) is 9.01. The second-order valence-electron chi connectivity index (χ2n) is 3.66. The Kier molecular flexibility index (Phi) is 5.43. The minimum atomic E-state index is -0.417. The number of hydrogen-bond acceptors (Lipinski definition) is 2. The maximum Gasteiger partial charge on any atom is 0.137 e. The predicted octanol–water partition coefficient (Wildman–Crippen LogP) is 2.72. The summed E-state index contributed by atoms with van der Waals surface area (Å²) in [6, 6.07) is 4.43. The van der Waals surface area contributed by atoms with Gasteiger partial charge in [0.1, 0.15) is 11.6 Å². The lowest BCUT2D eigenvalue weighted by Gasteiger charge is -2.04. The Bertz CT molecular complexity index is 348. The van der Waals surface area contributed by atoms with Crippen molar-refractivity contribution in [1.29, 1.82) is 0 Å². The van der Waals surface area contributed by atoms with Crippen LogP contribution in [0.1, 0.15) is 24.8 Å². The van der Waals surface area contributed by atoms with Gasteiger partial charge < -0.3 is 5.73 Å². The molecule has 0 aliphatic carbocycles. The summed E-state index contributed by atoms with van der Waals surface area (Å²) in [5, 5.41) is 0.312. The van der Waals surface area contributed by atoms with Crippen LogP contribution in [0.15, 0.2) is 18.2 Å². The van der Waals surface area contributed by atoms with Gasteiger partial charge in [0.2, 0.25) is 0 Å². The molecule has 0 atom stereocenters. The first-order chi connectivity index (χ1) is 7.65. The Labute approximate surface area is 99.6 Å². The first-order valence-corrected chi connectivity index (χ1v) is 5.67. The standard InChI is InChI=1S/C12H15ClFNO/c13-11-5-3-6-12(14)10(11)8-9(16)4-1-2-7-15/h3,5-6H,1-2,4,7-8,15H2. The van der Waals surface area contributed by atoms with Gasteiger partial charge in [-0.25, -0.2) is 4.39 Å². The summed E-state index contributed by atoms with van der Waals surface area (Å²) in [5.74, 6) is -0.417. The molecule has 88 valence electrons. The van der Waals surface area contributed by atoms with Crippen LogP contribution >= 0.6 is 11.6 Å². The zero-order chi connectivity index (χ0) is 12.0. The quantitative estimate of drug-likeness (QED) is 0.781. The summed E-state index contributed by atoms with van der Waals surface area (Å²) in [7, 11) is 0. The van der Waals surface area contributed by atoms with Gasteiger partial charge in [0.15, 0.2) is 0 Å². The minimum absolute atomic E-state index is 0.000417. The number of nitrogens with two attached hydrogens (primary N) is 1. The van der Waals surface area contributed by atoms with Gasteiger partial charge in [-0.2, -0.15) is 0 Å². The number of rotatable bonds is 6. The largest absolute Gasteiger partial charge is 0.330 e. The van der Waals surface area contributed by atoms with Gasteiger partial charge in [0, 0.05) is 23.4 Å². The maximum absolute atomic E-state index is 13.3. The molecule has 0 bridgehead atoms. The van der Waals surface area contributed by atoms with E-state index in [9.17, 15) is 9.18 Å². The first kappa shape index (κ1) is 13.1. The maximum atomic E-state index is 13.3. The summed E-state index contributed by atoms with van der Waals surface area (Å²) < 4.78 is 13.3. The number of Topliss-reactive ketones (excluding diaryl/α,β-unsaturated/α-hetero) is 1. The average Bonchev–Trinajstić information content (AvgIpc) is 2.24. The number of carbonyl (C=O) groups is 1. The second kappa shape index (κ2) is 6.61. The molecule has 0 aliphatic rings. The van der Waals surface area contributed by atoms with Crippen LogP contribution in [0.5, 0.6) is 0 Å². The van der Waals surface area contributed by atoms with Crippen molar-refractivity contribution in [2.75, 3.05) is 6.54 Å². The lowest BCUT2D eigenvalue weighted by molar-refractivity contribution is -0.118. The molecule has 0 unspecified atom stereocenters. The first-order valence-electron chi connectivity index (χ1n) is 5.30. The summed E-state index contributed by atoms with van der Waals surface area (Å²) in [5.41, 5.74) is 5.62. The van der Waals surface area contributed by atoms with Crippen LogP contribution < -0.4 is 5.73 Å². The van der Waals surface area contributed by atoms with Gasteiger partial charge in [0.25, 0.3) is 0 Å². The van der Waals surface area contributed by atoms with Crippen molar-refractivity contribution in [1.82, 2.24) is 0 Å². The van der Waals surface area contributed by atoms with Gasteiger partial charge in [-0.1, -0.05) is 17.7 Å². The van der Waals surface area contributed by atoms with E-state index in [4.69, 9.17) is 17.3 Å². The van der Waals surface area contributed by atoms with Crippen LogP contribution in [-0.4, -0.2) is 12.3 Å². The number of halogens is 2. The number of unbranched alkanes of at least 4 members (excludes halogenated alkanes) is 1.